The topological polar surface area (TPSA) is 55.3 Å². The normalized spacial score (nSPS) is 16.9. The molecule has 1 N–H and O–H groups in total. The maximum Gasteiger partial charge on any atom is 0.193 e. The Hall–Kier alpha value is -0.900. The largest absolute Gasteiger partial charge is 0.382 e. The first-order chi connectivity index (χ1) is 13.3. The lowest BCUT2D eigenvalue weighted by atomic mass is 10.1. The van der Waals surface area contributed by atoms with E-state index in [9.17, 15) is 0 Å². The van der Waals surface area contributed by atoms with E-state index in [2.05, 4.69) is 27.3 Å². The van der Waals surface area contributed by atoms with Gasteiger partial charge in [0.15, 0.2) is 5.96 Å². The average molecular weight is 505 g/mol. The van der Waals surface area contributed by atoms with Crippen molar-refractivity contribution >= 4 is 29.9 Å². The van der Waals surface area contributed by atoms with Crippen LogP contribution in [0.5, 0.6) is 0 Å². The minimum atomic E-state index is 0. The number of benzene rings is 1. The van der Waals surface area contributed by atoms with Crippen molar-refractivity contribution in [3.05, 3.63) is 35.9 Å². The van der Waals surface area contributed by atoms with E-state index in [0.717, 1.165) is 58.1 Å². The number of aliphatic imine (C=N–C) groups is 1. The number of nitrogens with one attached hydrogen (secondary N) is 1. The molecule has 7 heteroatoms. The van der Waals surface area contributed by atoms with Crippen LogP contribution in [0, 0.1) is 5.92 Å². The summed E-state index contributed by atoms with van der Waals surface area (Å²) in [6.07, 6.45) is 3.28. The number of methoxy groups -OCH3 is 1. The summed E-state index contributed by atoms with van der Waals surface area (Å²) in [6, 6.07) is 10.3. The molecule has 0 saturated carbocycles. The third-order valence-corrected chi connectivity index (χ3v) is 4.69. The van der Waals surface area contributed by atoms with Gasteiger partial charge in [0, 0.05) is 46.3 Å². The number of guanidine groups is 1. The number of rotatable bonds is 12. The van der Waals surface area contributed by atoms with E-state index in [-0.39, 0.29) is 24.0 Å². The van der Waals surface area contributed by atoms with Gasteiger partial charge in [-0.05, 0) is 24.8 Å². The fraction of sp³-hybridized carbons (Fsp3) is 0.667. The quantitative estimate of drug-likeness (QED) is 0.205. The van der Waals surface area contributed by atoms with Gasteiger partial charge in [0.1, 0.15) is 0 Å². The second kappa shape index (κ2) is 16.0. The predicted octanol–water partition coefficient (Wildman–Crippen LogP) is 3.16. The fourth-order valence-corrected chi connectivity index (χ4v) is 3.18. The number of hydrogen-bond donors (Lipinski definition) is 1. The van der Waals surface area contributed by atoms with Crippen LogP contribution in [-0.4, -0.2) is 71.1 Å². The van der Waals surface area contributed by atoms with Gasteiger partial charge >= 0.3 is 0 Å². The van der Waals surface area contributed by atoms with Crippen molar-refractivity contribution < 1.29 is 14.2 Å². The van der Waals surface area contributed by atoms with Crippen molar-refractivity contribution in [2.24, 2.45) is 10.9 Å². The van der Waals surface area contributed by atoms with Gasteiger partial charge in [0.2, 0.25) is 0 Å². The van der Waals surface area contributed by atoms with Gasteiger partial charge in [-0.25, -0.2) is 0 Å². The zero-order valence-electron chi connectivity index (χ0n) is 17.3. The standard InChI is InChI=1S/C21H35N3O3.HI/c1-22-21(24-12-10-20(16-24)18-27-15-14-25-2)23-11-6-7-13-26-17-19-8-4-3-5-9-19;/h3-5,8-9,20H,6-7,10-18H2,1-2H3,(H,22,23);1H. The Morgan fingerprint density at radius 3 is 2.71 bits per heavy atom. The maximum atomic E-state index is 5.73. The highest BCUT2D eigenvalue weighted by Gasteiger charge is 2.24. The van der Waals surface area contributed by atoms with Gasteiger partial charge in [-0.2, -0.15) is 0 Å². The van der Waals surface area contributed by atoms with Crippen LogP contribution in [0.25, 0.3) is 0 Å². The fourth-order valence-electron chi connectivity index (χ4n) is 3.18. The molecule has 1 atom stereocenters. The Morgan fingerprint density at radius 2 is 1.96 bits per heavy atom. The van der Waals surface area contributed by atoms with Crippen molar-refractivity contribution in [1.82, 2.24) is 10.2 Å². The second-order valence-corrected chi connectivity index (χ2v) is 6.89. The van der Waals surface area contributed by atoms with Crippen LogP contribution in [0.3, 0.4) is 0 Å². The predicted molar refractivity (Wildman–Crippen MR) is 124 cm³/mol. The first-order valence-corrected chi connectivity index (χ1v) is 9.97. The SMILES string of the molecule is CN=C(NCCCCOCc1ccccc1)N1CCC(COCCOC)C1.I. The molecule has 28 heavy (non-hydrogen) atoms. The molecule has 0 bridgehead atoms. The van der Waals surface area contributed by atoms with Crippen LogP contribution in [-0.2, 0) is 20.8 Å². The van der Waals surface area contributed by atoms with Crippen molar-refractivity contribution in [2.45, 2.75) is 25.9 Å². The zero-order valence-corrected chi connectivity index (χ0v) is 19.6. The van der Waals surface area contributed by atoms with Crippen LogP contribution in [0.1, 0.15) is 24.8 Å². The molecule has 1 aliphatic heterocycles. The highest BCUT2D eigenvalue weighted by atomic mass is 127. The van der Waals surface area contributed by atoms with E-state index in [1.807, 2.05) is 25.2 Å². The lowest BCUT2D eigenvalue weighted by Gasteiger charge is -2.21. The van der Waals surface area contributed by atoms with Crippen LogP contribution in [0.4, 0.5) is 0 Å². The van der Waals surface area contributed by atoms with Gasteiger partial charge < -0.3 is 24.4 Å². The molecular formula is C21H36IN3O3. The Kier molecular flexibility index (Phi) is 14.3. The molecule has 1 aromatic carbocycles. The number of ether oxygens (including phenoxy) is 3. The third-order valence-electron chi connectivity index (χ3n) is 4.69. The smallest absolute Gasteiger partial charge is 0.193 e. The van der Waals surface area contributed by atoms with Crippen LogP contribution >= 0.6 is 24.0 Å². The summed E-state index contributed by atoms with van der Waals surface area (Å²) < 4.78 is 16.4. The van der Waals surface area contributed by atoms with E-state index >= 15 is 0 Å². The van der Waals surface area contributed by atoms with E-state index < -0.39 is 0 Å². The number of likely N-dealkylation sites (tertiary alicyclic amines) is 1. The molecular weight excluding hydrogens is 469 g/mol. The first-order valence-electron chi connectivity index (χ1n) is 9.97. The van der Waals surface area contributed by atoms with Gasteiger partial charge in [-0.3, -0.25) is 4.99 Å². The third kappa shape index (κ3) is 10.0. The summed E-state index contributed by atoms with van der Waals surface area (Å²) >= 11 is 0. The summed E-state index contributed by atoms with van der Waals surface area (Å²) in [7, 11) is 3.56. The molecule has 2 rings (SSSR count). The van der Waals surface area contributed by atoms with Crippen molar-refractivity contribution in [3.63, 3.8) is 0 Å². The molecule has 1 heterocycles. The zero-order chi connectivity index (χ0) is 19.2. The summed E-state index contributed by atoms with van der Waals surface area (Å²) in [6.45, 7) is 6.59. The molecule has 0 amide bonds. The van der Waals surface area contributed by atoms with Gasteiger partial charge in [-0.15, -0.1) is 24.0 Å². The minimum absolute atomic E-state index is 0. The van der Waals surface area contributed by atoms with Crippen molar-refractivity contribution in [2.75, 3.05) is 60.2 Å². The summed E-state index contributed by atoms with van der Waals surface area (Å²) in [5.41, 5.74) is 1.23. The minimum Gasteiger partial charge on any atom is -0.382 e. The molecule has 0 radical (unpaired) electrons. The molecule has 1 aromatic rings. The molecule has 1 aliphatic rings. The molecule has 1 fully saturated rings. The summed E-state index contributed by atoms with van der Waals surface area (Å²) in [4.78, 5) is 6.76. The van der Waals surface area contributed by atoms with Crippen LogP contribution < -0.4 is 5.32 Å². The second-order valence-electron chi connectivity index (χ2n) is 6.89. The van der Waals surface area contributed by atoms with Gasteiger partial charge in [0.05, 0.1) is 26.4 Å². The first kappa shape index (κ1) is 25.1. The molecule has 0 spiro atoms. The van der Waals surface area contributed by atoms with E-state index in [0.29, 0.717) is 25.7 Å². The number of hydrogen-bond acceptors (Lipinski definition) is 4. The van der Waals surface area contributed by atoms with E-state index in [1.54, 1.807) is 7.11 Å². The van der Waals surface area contributed by atoms with Gasteiger partial charge in [0.25, 0.3) is 0 Å². The Bertz CT molecular complexity index is 531. The molecule has 1 unspecified atom stereocenters. The average Bonchev–Trinajstić information content (AvgIpc) is 3.17. The molecule has 0 aromatic heterocycles. The molecule has 160 valence electrons. The summed E-state index contributed by atoms with van der Waals surface area (Å²) in [5.74, 6) is 1.58. The Morgan fingerprint density at radius 1 is 1.14 bits per heavy atom. The molecule has 6 nitrogen and oxygen atoms in total. The van der Waals surface area contributed by atoms with Crippen LogP contribution in [0.2, 0.25) is 0 Å². The molecule has 1 saturated heterocycles. The maximum absolute atomic E-state index is 5.73. The highest BCUT2D eigenvalue weighted by Crippen LogP contribution is 2.16. The Balaban J connectivity index is 0.00000392. The highest BCUT2D eigenvalue weighted by molar-refractivity contribution is 14.0. The number of nitrogens with zero attached hydrogens (tertiary/aromatic N) is 2. The number of halogens is 1. The lowest BCUT2D eigenvalue weighted by molar-refractivity contribution is 0.0536. The van der Waals surface area contributed by atoms with E-state index in [1.165, 1.54) is 5.56 Å². The number of unbranched alkanes of at least 4 members (excludes halogenated alkanes) is 1. The van der Waals surface area contributed by atoms with Crippen molar-refractivity contribution in [3.8, 4) is 0 Å². The molecule has 0 aliphatic carbocycles. The monoisotopic (exact) mass is 505 g/mol. The van der Waals surface area contributed by atoms with Crippen LogP contribution in [0.15, 0.2) is 35.3 Å². The summed E-state index contributed by atoms with van der Waals surface area (Å²) in [5, 5.41) is 3.48. The van der Waals surface area contributed by atoms with Gasteiger partial charge in [-0.1, -0.05) is 30.3 Å². The van der Waals surface area contributed by atoms with E-state index in [4.69, 9.17) is 14.2 Å². The Labute approximate surface area is 187 Å². The lowest BCUT2D eigenvalue weighted by Crippen LogP contribution is -2.40. The van der Waals surface area contributed by atoms with Crippen molar-refractivity contribution in [1.29, 1.82) is 0 Å².